The van der Waals surface area contributed by atoms with Crippen molar-refractivity contribution in [2.24, 2.45) is 5.73 Å². The molecule has 0 aromatic carbocycles. The fourth-order valence-electron chi connectivity index (χ4n) is 1.34. The van der Waals surface area contributed by atoms with Gasteiger partial charge in [0, 0.05) is 6.54 Å². The first kappa shape index (κ1) is 12.7. The van der Waals surface area contributed by atoms with Crippen molar-refractivity contribution in [2.45, 2.75) is 19.3 Å². The van der Waals surface area contributed by atoms with Gasteiger partial charge in [-0.2, -0.15) is 0 Å². The summed E-state index contributed by atoms with van der Waals surface area (Å²) in [5.74, 6) is 0.509. The molecule has 16 heavy (non-hydrogen) atoms. The van der Waals surface area contributed by atoms with E-state index in [-0.39, 0.29) is 13.2 Å². The molecular formula is C11H17NO4. The molecule has 5 nitrogen and oxygen atoms in total. The van der Waals surface area contributed by atoms with E-state index in [1.807, 2.05) is 0 Å². The Morgan fingerprint density at radius 2 is 2.31 bits per heavy atom. The smallest absolute Gasteiger partial charge is 0.341 e. The van der Waals surface area contributed by atoms with Gasteiger partial charge in [0.05, 0.1) is 19.1 Å². The van der Waals surface area contributed by atoms with Crippen LogP contribution in [0.2, 0.25) is 0 Å². The molecule has 3 N–H and O–H groups in total. The van der Waals surface area contributed by atoms with Crippen LogP contribution >= 0.6 is 0 Å². The molecule has 0 bridgehead atoms. The fraction of sp³-hybridized carbons (Fsp3) is 0.545. The number of aryl methyl sites for hydroxylation is 1. The summed E-state index contributed by atoms with van der Waals surface area (Å²) in [5, 5.41) is 9.28. The molecule has 1 aromatic heterocycles. The van der Waals surface area contributed by atoms with Gasteiger partial charge in [0.15, 0.2) is 0 Å². The zero-order valence-corrected chi connectivity index (χ0v) is 9.74. The van der Waals surface area contributed by atoms with Crippen molar-refractivity contribution in [1.29, 1.82) is 0 Å². The van der Waals surface area contributed by atoms with Crippen LogP contribution in [-0.4, -0.2) is 31.3 Å². The van der Waals surface area contributed by atoms with Crippen molar-refractivity contribution < 1.29 is 19.1 Å². The monoisotopic (exact) mass is 227 g/mol. The van der Waals surface area contributed by atoms with E-state index in [0.717, 1.165) is 0 Å². The third-order valence-corrected chi connectivity index (χ3v) is 2.72. The predicted molar refractivity (Wildman–Crippen MR) is 58.3 cm³/mol. The molecule has 1 heterocycles. The summed E-state index contributed by atoms with van der Waals surface area (Å²) in [6.07, 6.45) is 0. The molecule has 0 spiro atoms. The Morgan fingerprint density at radius 3 is 2.75 bits per heavy atom. The number of methoxy groups -OCH3 is 1. The minimum Gasteiger partial charge on any atom is -0.465 e. The summed E-state index contributed by atoms with van der Waals surface area (Å²) in [6.45, 7) is 3.53. The molecule has 0 aliphatic heterocycles. The standard InChI is InChI=1S/C11H17NO4/c1-7-8(10(14)15-3)4-9(16-7)11(2,5-12)6-13/h4,13H,5-6,12H2,1-3H3. The lowest BCUT2D eigenvalue weighted by Gasteiger charge is -2.22. The topological polar surface area (TPSA) is 85.7 Å². The summed E-state index contributed by atoms with van der Waals surface area (Å²) in [4.78, 5) is 11.4. The van der Waals surface area contributed by atoms with Gasteiger partial charge in [-0.05, 0) is 19.9 Å². The number of hydrogen-bond donors (Lipinski definition) is 2. The molecule has 5 heteroatoms. The molecule has 90 valence electrons. The number of carbonyl (C=O) groups is 1. The number of nitrogens with two attached hydrogens (primary N) is 1. The first-order valence-electron chi connectivity index (χ1n) is 4.98. The van der Waals surface area contributed by atoms with Crippen LogP contribution in [0.5, 0.6) is 0 Å². The van der Waals surface area contributed by atoms with Gasteiger partial charge in [-0.1, -0.05) is 0 Å². The summed E-state index contributed by atoms with van der Waals surface area (Å²) >= 11 is 0. The van der Waals surface area contributed by atoms with Crippen molar-refractivity contribution >= 4 is 5.97 Å². The summed E-state index contributed by atoms with van der Waals surface area (Å²) in [7, 11) is 1.31. The number of aliphatic hydroxyl groups excluding tert-OH is 1. The second-order valence-electron chi connectivity index (χ2n) is 3.99. The lowest BCUT2D eigenvalue weighted by molar-refractivity contribution is 0.0599. The van der Waals surface area contributed by atoms with Crippen LogP contribution in [0.4, 0.5) is 0 Å². The largest absolute Gasteiger partial charge is 0.465 e. The van der Waals surface area contributed by atoms with E-state index in [9.17, 15) is 9.90 Å². The van der Waals surface area contributed by atoms with Crippen LogP contribution in [0.15, 0.2) is 10.5 Å². The Labute approximate surface area is 94.2 Å². The van der Waals surface area contributed by atoms with Gasteiger partial charge >= 0.3 is 5.97 Å². The van der Waals surface area contributed by atoms with Gasteiger partial charge in [0.25, 0.3) is 0 Å². The number of hydrogen-bond acceptors (Lipinski definition) is 5. The number of furan rings is 1. The summed E-state index contributed by atoms with van der Waals surface area (Å²) in [5.41, 5.74) is 5.28. The van der Waals surface area contributed by atoms with Gasteiger partial charge < -0.3 is 20.0 Å². The van der Waals surface area contributed by atoms with E-state index < -0.39 is 11.4 Å². The Hall–Kier alpha value is -1.33. The average molecular weight is 227 g/mol. The van der Waals surface area contributed by atoms with Crippen LogP contribution in [0, 0.1) is 6.92 Å². The molecule has 0 aliphatic carbocycles. The minimum absolute atomic E-state index is 0.142. The number of carbonyl (C=O) groups excluding carboxylic acids is 1. The van der Waals surface area contributed by atoms with Crippen LogP contribution in [0.3, 0.4) is 0 Å². The predicted octanol–water partition coefficient (Wildman–Crippen LogP) is 0.583. The van der Waals surface area contributed by atoms with Crippen LogP contribution < -0.4 is 5.73 Å². The average Bonchev–Trinajstić information content (AvgIpc) is 2.69. The van der Waals surface area contributed by atoms with Crippen molar-refractivity contribution in [3.05, 3.63) is 23.2 Å². The van der Waals surface area contributed by atoms with Crippen LogP contribution in [0.1, 0.15) is 28.8 Å². The zero-order valence-electron chi connectivity index (χ0n) is 9.74. The maximum absolute atomic E-state index is 11.4. The highest BCUT2D eigenvalue weighted by molar-refractivity contribution is 5.90. The fourth-order valence-corrected chi connectivity index (χ4v) is 1.34. The zero-order chi connectivity index (χ0) is 12.3. The number of rotatable bonds is 4. The van der Waals surface area contributed by atoms with Crippen molar-refractivity contribution in [1.82, 2.24) is 0 Å². The van der Waals surface area contributed by atoms with E-state index in [4.69, 9.17) is 10.2 Å². The van der Waals surface area contributed by atoms with Crippen molar-refractivity contribution in [3.8, 4) is 0 Å². The molecule has 1 rings (SSSR count). The number of aliphatic hydroxyl groups is 1. The number of ether oxygens (including phenoxy) is 1. The molecule has 1 aromatic rings. The Kier molecular flexibility index (Phi) is 3.72. The Balaban J connectivity index is 3.14. The maximum atomic E-state index is 11.4. The van der Waals surface area contributed by atoms with Crippen LogP contribution in [-0.2, 0) is 10.2 Å². The third kappa shape index (κ3) is 2.10. The van der Waals surface area contributed by atoms with E-state index in [1.165, 1.54) is 7.11 Å². The van der Waals surface area contributed by atoms with E-state index >= 15 is 0 Å². The molecule has 0 radical (unpaired) electrons. The first-order chi connectivity index (χ1) is 7.48. The van der Waals surface area contributed by atoms with Gasteiger partial charge in [-0.15, -0.1) is 0 Å². The van der Waals surface area contributed by atoms with Gasteiger partial charge in [0.1, 0.15) is 17.1 Å². The molecule has 0 amide bonds. The minimum atomic E-state index is -0.670. The lowest BCUT2D eigenvalue weighted by atomic mass is 9.89. The van der Waals surface area contributed by atoms with Gasteiger partial charge in [-0.25, -0.2) is 4.79 Å². The SMILES string of the molecule is COC(=O)c1cc(C(C)(CN)CO)oc1C. The quantitative estimate of drug-likeness (QED) is 0.735. The first-order valence-corrected chi connectivity index (χ1v) is 4.98. The molecule has 0 saturated carbocycles. The number of esters is 1. The van der Waals surface area contributed by atoms with E-state index in [0.29, 0.717) is 17.1 Å². The second-order valence-corrected chi connectivity index (χ2v) is 3.99. The summed E-state index contributed by atoms with van der Waals surface area (Å²) < 4.78 is 10.1. The highest BCUT2D eigenvalue weighted by atomic mass is 16.5. The lowest BCUT2D eigenvalue weighted by Crippen LogP contribution is -2.35. The second kappa shape index (κ2) is 4.67. The molecule has 0 fully saturated rings. The summed E-state index contributed by atoms with van der Waals surface area (Å²) in [6, 6.07) is 1.57. The van der Waals surface area contributed by atoms with Crippen LogP contribution in [0.25, 0.3) is 0 Å². The van der Waals surface area contributed by atoms with Crippen molar-refractivity contribution in [3.63, 3.8) is 0 Å². The third-order valence-electron chi connectivity index (χ3n) is 2.72. The molecule has 0 aliphatic rings. The van der Waals surface area contributed by atoms with Crippen molar-refractivity contribution in [2.75, 3.05) is 20.3 Å². The van der Waals surface area contributed by atoms with Gasteiger partial charge in [0.2, 0.25) is 0 Å². The highest BCUT2D eigenvalue weighted by Gasteiger charge is 2.30. The molecule has 0 saturated heterocycles. The maximum Gasteiger partial charge on any atom is 0.341 e. The molecule has 1 atom stereocenters. The van der Waals surface area contributed by atoms with E-state index in [1.54, 1.807) is 19.9 Å². The normalized spacial score (nSPS) is 14.6. The van der Waals surface area contributed by atoms with E-state index in [2.05, 4.69) is 4.74 Å². The Bertz CT molecular complexity index is 379. The van der Waals surface area contributed by atoms with Gasteiger partial charge in [-0.3, -0.25) is 0 Å². The Morgan fingerprint density at radius 1 is 1.69 bits per heavy atom. The molecular weight excluding hydrogens is 210 g/mol. The molecule has 1 unspecified atom stereocenters. The highest BCUT2D eigenvalue weighted by Crippen LogP contribution is 2.27.